The van der Waals surface area contributed by atoms with Gasteiger partial charge >= 0.3 is 5.69 Å². The Bertz CT molecular complexity index is 1370. The predicted molar refractivity (Wildman–Crippen MR) is 127 cm³/mol. The highest BCUT2D eigenvalue weighted by atomic mass is 35.5. The van der Waals surface area contributed by atoms with Gasteiger partial charge < -0.3 is 14.8 Å². The Labute approximate surface area is 202 Å². The third-order valence-electron chi connectivity index (χ3n) is 4.71. The molecule has 0 fully saturated rings. The number of methoxy groups -OCH3 is 2. The van der Waals surface area contributed by atoms with Gasteiger partial charge in [-0.15, -0.1) is 0 Å². The van der Waals surface area contributed by atoms with Gasteiger partial charge in [0.25, 0.3) is 0 Å². The van der Waals surface area contributed by atoms with Gasteiger partial charge in [0.15, 0.2) is 0 Å². The van der Waals surface area contributed by atoms with Crippen molar-refractivity contribution in [3.05, 3.63) is 67.9 Å². The Kier molecular flexibility index (Phi) is 6.37. The number of anilines is 2. The molecule has 0 unspecified atom stereocenters. The zero-order chi connectivity index (χ0) is 23.7. The Balaban J connectivity index is 1.75. The predicted octanol–water partition coefficient (Wildman–Crippen LogP) is 6.32. The number of nitro groups is 1. The van der Waals surface area contributed by atoms with Crippen LogP contribution >= 0.6 is 34.8 Å². The second-order valence-corrected chi connectivity index (χ2v) is 7.78. The minimum Gasteiger partial charge on any atom is -0.495 e. The van der Waals surface area contributed by atoms with Crippen molar-refractivity contribution < 1.29 is 14.4 Å². The number of nitrogens with one attached hydrogen (secondary N) is 1. The molecule has 0 saturated heterocycles. The largest absolute Gasteiger partial charge is 0.495 e. The Morgan fingerprint density at radius 2 is 1.67 bits per heavy atom. The van der Waals surface area contributed by atoms with E-state index in [2.05, 4.69) is 20.3 Å². The van der Waals surface area contributed by atoms with Gasteiger partial charge in [0.05, 0.1) is 34.7 Å². The van der Waals surface area contributed by atoms with E-state index in [-0.39, 0.29) is 22.6 Å². The molecule has 4 rings (SSSR count). The molecule has 0 bridgehead atoms. The van der Waals surface area contributed by atoms with Crippen LogP contribution in [0.4, 0.5) is 17.5 Å². The van der Waals surface area contributed by atoms with Crippen LogP contribution < -0.4 is 14.8 Å². The standard InChI is InChI=1S/C21H14Cl3N5O4/c1-32-14-8-15(33-2)19(24)17(18(14)23)10-3-4-12-11(7-10)9-25-21(26-12)28-20-13(29(30)31)5-6-16(22)27-20/h3-9H,1-2H3,(H,25,26,27,28). The Morgan fingerprint density at radius 1 is 0.970 bits per heavy atom. The number of hydrogen-bond donors (Lipinski definition) is 1. The summed E-state index contributed by atoms with van der Waals surface area (Å²) in [6.45, 7) is 0. The molecule has 0 aliphatic rings. The molecule has 9 nitrogen and oxygen atoms in total. The summed E-state index contributed by atoms with van der Waals surface area (Å²) in [5, 5.41) is 15.4. The lowest BCUT2D eigenvalue weighted by atomic mass is 10.0. The Hall–Kier alpha value is -3.40. The van der Waals surface area contributed by atoms with Crippen LogP contribution in [0.5, 0.6) is 11.5 Å². The molecule has 2 aromatic carbocycles. The molecule has 0 spiro atoms. The minimum atomic E-state index is -0.575. The van der Waals surface area contributed by atoms with Crippen molar-refractivity contribution in [1.82, 2.24) is 15.0 Å². The minimum absolute atomic E-state index is 0.0643. The maximum Gasteiger partial charge on any atom is 0.311 e. The average molecular weight is 507 g/mol. The fourth-order valence-electron chi connectivity index (χ4n) is 3.16. The summed E-state index contributed by atoms with van der Waals surface area (Å²) in [7, 11) is 3.00. The van der Waals surface area contributed by atoms with Gasteiger partial charge in [0.2, 0.25) is 11.8 Å². The summed E-state index contributed by atoms with van der Waals surface area (Å²) in [6.07, 6.45) is 1.56. The average Bonchev–Trinajstić information content (AvgIpc) is 2.79. The van der Waals surface area contributed by atoms with E-state index < -0.39 is 4.92 Å². The van der Waals surface area contributed by atoms with Crippen LogP contribution in [0.15, 0.2) is 42.6 Å². The SMILES string of the molecule is COc1cc(OC)c(Cl)c(-c2ccc3nc(Nc4nc(Cl)ccc4[N+](=O)[O-])ncc3c2)c1Cl. The van der Waals surface area contributed by atoms with Gasteiger partial charge in [0, 0.05) is 29.3 Å². The van der Waals surface area contributed by atoms with E-state index in [1.165, 1.54) is 26.4 Å². The van der Waals surface area contributed by atoms with Crippen LogP contribution in [0.25, 0.3) is 22.0 Å². The van der Waals surface area contributed by atoms with E-state index >= 15 is 0 Å². The molecule has 12 heteroatoms. The molecule has 0 atom stereocenters. The number of halogens is 3. The fraction of sp³-hybridized carbons (Fsp3) is 0.0952. The summed E-state index contributed by atoms with van der Waals surface area (Å²) in [5.74, 6) is 0.886. The molecule has 1 N–H and O–H groups in total. The van der Waals surface area contributed by atoms with Crippen molar-refractivity contribution in [3.63, 3.8) is 0 Å². The van der Waals surface area contributed by atoms with E-state index in [9.17, 15) is 10.1 Å². The van der Waals surface area contributed by atoms with Gasteiger partial charge in [-0.05, 0) is 23.8 Å². The number of hydrogen-bond acceptors (Lipinski definition) is 8. The molecule has 33 heavy (non-hydrogen) atoms. The molecule has 0 amide bonds. The first kappa shape index (κ1) is 22.8. The first-order chi connectivity index (χ1) is 15.8. The number of aromatic nitrogens is 3. The number of rotatable bonds is 6. The van der Waals surface area contributed by atoms with Gasteiger partial charge in [-0.3, -0.25) is 10.1 Å². The zero-order valence-electron chi connectivity index (χ0n) is 17.1. The lowest BCUT2D eigenvalue weighted by Gasteiger charge is -2.15. The van der Waals surface area contributed by atoms with Crippen LogP contribution in [0.3, 0.4) is 0 Å². The van der Waals surface area contributed by atoms with Crippen LogP contribution in [-0.2, 0) is 0 Å². The first-order valence-electron chi connectivity index (χ1n) is 9.27. The molecular weight excluding hydrogens is 493 g/mol. The smallest absolute Gasteiger partial charge is 0.311 e. The van der Waals surface area contributed by atoms with Crippen molar-refractivity contribution >= 4 is 63.2 Å². The lowest BCUT2D eigenvalue weighted by Crippen LogP contribution is -2.03. The molecule has 168 valence electrons. The summed E-state index contributed by atoms with van der Waals surface area (Å²) < 4.78 is 10.7. The molecule has 0 aliphatic heterocycles. The number of ether oxygens (including phenoxy) is 2. The van der Waals surface area contributed by atoms with Gasteiger partial charge in [-0.2, -0.15) is 0 Å². The molecule has 2 aromatic heterocycles. The van der Waals surface area contributed by atoms with Crippen molar-refractivity contribution in [2.75, 3.05) is 19.5 Å². The van der Waals surface area contributed by atoms with Crippen molar-refractivity contribution in [3.8, 4) is 22.6 Å². The highest BCUT2D eigenvalue weighted by Gasteiger charge is 2.20. The summed E-state index contributed by atoms with van der Waals surface area (Å²) in [4.78, 5) is 23.3. The zero-order valence-corrected chi connectivity index (χ0v) is 19.4. The third kappa shape index (κ3) is 4.43. The highest BCUT2D eigenvalue weighted by molar-refractivity contribution is 6.41. The van der Waals surface area contributed by atoms with Crippen molar-refractivity contribution in [1.29, 1.82) is 0 Å². The summed E-state index contributed by atoms with van der Waals surface area (Å²) in [5.41, 5.74) is 1.56. The highest BCUT2D eigenvalue weighted by Crippen LogP contribution is 2.46. The van der Waals surface area contributed by atoms with Crippen LogP contribution in [0.2, 0.25) is 15.2 Å². The maximum atomic E-state index is 11.3. The third-order valence-corrected chi connectivity index (χ3v) is 5.67. The van der Waals surface area contributed by atoms with E-state index in [4.69, 9.17) is 44.3 Å². The van der Waals surface area contributed by atoms with Crippen LogP contribution in [0.1, 0.15) is 0 Å². The molecule has 0 radical (unpaired) electrons. The molecule has 0 aliphatic carbocycles. The maximum absolute atomic E-state index is 11.3. The Morgan fingerprint density at radius 3 is 2.30 bits per heavy atom. The number of nitrogens with zero attached hydrogens (tertiary/aromatic N) is 4. The molecule has 0 saturated carbocycles. The summed E-state index contributed by atoms with van der Waals surface area (Å²) in [6, 6.07) is 9.53. The lowest BCUT2D eigenvalue weighted by molar-refractivity contribution is -0.384. The van der Waals surface area contributed by atoms with Crippen LogP contribution in [-0.4, -0.2) is 34.1 Å². The van der Waals surface area contributed by atoms with E-state index in [0.717, 1.165) is 0 Å². The molecular formula is C21H14Cl3N5O4. The summed E-state index contributed by atoms with van der Waals surface area (Å²) >= 11 is 18.9. The van der Waals surface area contributed by atoms with Crippen molar-refractivity contribution in [2.24, 2.45) is 0 Å². The van der Waals surface area contributed by atoms with Gasteiger partial charge in [0.1, 0.15) is 16.7 Å². The number of pyridine rings is 1. The van der Waals surface area contributed by atoms with Crippen molar-refractivity contribution in [2.45, 2.75) is 0 Å². The van der Waals surface area contributed by atoms with Gasteiger partial charge in [-0.25, -0.2) is 15.0 Å². The number of benzene rings is 2. The first-order valence-corrected chi connectivity index (χ1v) is 10.4. The van der Waals surface area contributed by atoms with Gasteiger partial charge in [-0.1, -0.05) is 40.9 Å². The van der Waals surface area contributed by atoms with E-state index in [0.29, 0.717) is 43.6 Å². The topological polar surface area (TPSA) is 112 Å². The normalized spacial score (nSPS) is 10.8. The molecule has 2 heterocycles. The second-order valence-electron chi connectivity index (χ2n) is 6.64. The molecule has 4 aromatic rings. The number of fused-ring (bicyclic) bond motifs is 1. The fourth-order valence-corrected chi connectivity index (χ4v) is 4.03. The quantitative estimate of drug-likeness (QED) is 0.184. The van der Waals surface area contributed by atoms with E-state index in [1.807, 2.05) is 6.07 Å². The monoisotopic (exact) mass is 505 g/mol. The van der Waals surface area contributed by atoms with E-state index in [1.54, 1.807) is 24.4 Å². The second kappa shape index (κ2) is 9.22. The van der Waals surface area contributed by atoms with Crippen LogP contribution in [0, 0.1) is 10.1 Å².